The second-order valence-corrected chi connectivity index (χ2v) is 15.4. The van der Waals surface area contributed by atoms with Crippen LogP contribution in [0.25, 0.3) is 0 Å². The van der Waals surface area contributed by atoms with Crippen molar-refractivity contribution in [3.05, 3.63) is 11.1 Å². The number of esters is 1. The van der Waals surface area contributed by atoms with E-state index < -0.39 is 17.2 Å². The van der Waals surface area contributed by atoms with Gasteiger partial charge in [0.05, 0.1) is 5.41 Å². The van der Waals surface area contributed by atoms with E-state index in [0.717, 1.165) is 56.1 Å². The number of aliphatic carboxylic acids is 1. The second kappa shape index (κ2) is 8.76. The van der Waals surface area contributed by atoms with Gasteiger partial charge in [-0.05, 0) is 102 Å². The third kappa shape index (κ3) is 3.57. The Kier molecular flexibility index (Phi) is 6.41. The first-order valence-corrected chi connectivity index (χ1v) is 15.2. The lowest BCUT2D eigenvalue weighted by atomic mass is 9.33. The highest BCUT2D eigenvalue weighted by Crippen LogP contribution is 2.76. The molecular formula is C33H48O6. The van der Waals surface area contributed by atoms with Crippen molar-refractivity contribution in [3.63, 3.8) is 0 Å². The molecule has 0 spiro atoms. The van der Waals surface area contributed by atoms with E-state index in [1.807, 2.05) is 13.8 Å². The van der Waals surface area contributed by atoms with Crippen molar-refractivity contribution in [3.8, 4) is 0 Å². The molecule has 0 radical (unpaired) electrons. The van der Waals surface area contributed by atoms with Gasteiger partial charge in [-0.3, -0.25) is 14.4 Å². The monoisotopic (exact) mass is 540 g/mol. The van der Waals surface area contributed by atoms with Gasteiger partial charge >= 0.3 is 11.9 Å². The maximum Gasteiger partial charge on any atom is 0.373 e. The van der Waals surface area contributed by atoms with E-state index in [4.69, 9.17) is 4.74 Å². The van der Waals surface area contributed by atoms with Crippen LogP contribution in [0.3, 0.4) is 0 Å². The predicted molar refractivity (Wildman–Crippen MR) is 148 cm³/mol. The van der Waals surface area contributed by atoms with E-state index in [0.29, 0.717) is 18.3 Å². The first-order valence-electron chi connectivity index (χ1n) is 15.2. The van der Waals surface area contributed by atoms with Crippen molar-refractivity contribution in [1.82, 2.24) is 0 Å². The summed E-state index contributed by atoms with van der Waals surface area (Å²) in [6, 6.07) is 0. The topological polar surface area (TPSA) is 97.7 Å². The lowest BCUT2D eigenvalue weighted by Gasteiger charge is -2.72. The first-order chi connectivity index (χ1) is 18.0. The molecule has 1 unspecified atom stereocenters. The first kappa shape index (κ1) is 28.5. The minimum Gasteiger partial charge on any atom is -0.475 e. The number of hydrogen-bond acceptors (Lipinski definition) is 5. The van der Waals surface area contributed by atoms with Crippen LogP contribution in [0.2, 0.25) is 0 Å². The van der Waals surface area contributed by atoms with E-state index in [9.17, 15) is 24.3 Å². The maximum absolute atomic E-state index is 13.4. The van der Waals surface area contributed by atoms with Gasteiger partial charge in [0, 0.05) is 18.8 Å². The van der Waals surface area contributed by atoms with Crippen LogP contribution in [0.1, 0.15) is 113 Å². The molecule has 0 amide bonds. The Labute approximate surface area is 233 Å². The van der Waals surface area contributed by atoms with Crippen LogP contribution < -0.4 is 0 Å². The number of ketones is 2. The van der Waals surface area contributed by atoms with Crippen LogP contribution >= 0.6 is 0 Å². The molecule has 0 saturated heterocycles. The van der Waals surface area contributed by atoms with Crippen molar-refractivity contribution in [2.45, 2.75) is 119 Å². The van der Waals surface area contributed by atoms with Crippen LogP contribution in [0.4, 0.5) is 0 Å². The number of fused-ring (bicyclic) bond motifs is 7. The van der Waals surface area contributed by atoms with Gasteiger partial charge in [0.25, 0.3) is 0 Å². The summed E-state index contributed by atoms with van der Waals surface area (Å²) in [4.78, 5) is 50.8. The molecule has 4 fully saturated rings. The van der Waals surface area contributed by atoms with Gasteiger partial charge in [-0.15, -0.1) is 0 Å². The summed E-state index contributed by atoms with van der Waals surface area (Å²) in [5, 5.41) is 9.86. The third-order valence-corrected chi connectivity index (χ3v) is 13.3. The number of carboxylic acid groups (broad SMARTS) is 1. The minimum atomic E-state index is -1.41. The normalized spacial score (nSPS) is 44.7. The molecule has 0 aromatic heterocycles. The average Bonchev–Trinajstić information content (AvgIpc) is 3.13. The zero-order valence-corrected chi connectivity index (χ0v) is 25.2. The maximum atomic E-state index is 13.4. The Morgan fingerprint density at radius 2 is 1.54 bits per heavy atom. The zero-order valence-electron chi connectivity index (χ0n) is 25.2. The Hall–Kier alpha value is -1.98. The molecule has 0 heterocycles. The number of rotatable bonds is 4. The highest BCUT2D eigenvalue weighted by Gasteiger charge is 2.71. The van der Waals surface area contributed by atoms with E-state index in [1.54, 1.807) is 0 Å². The van der Waals surface area contributed by atoms with Crippen molar-refractivity contribution >= 4 is 23.5 Å². The number of allylic oxidation sites excluding steroid dienone is 2. The van der Waals surface area contributed by atoms with Crippen molar-refractivity contribution in [1.29, 1.82) is 0 Å². The molecule has 0 aromatic rings. The molecule has 0 aliphatic heterocycles. The molecule has 6 heteroatoms. The molecule has 1 N–H and O–H groups in total. The Morgan fingerprint density at radius 1 is 0.872 bits per heavy atom. The zero-order chi connectivity index (χ0) is 28.9. The molecule has 4 saturated carbocycles. The van der Waals surface area contributed by atoms with Gasteiger partial charge in [0.15, 0.2) is 5.78 Å². The minimum absolute atomic E-state index is 0.00464. The standard InChI is InChI=1S/C33H48O6/c1-18(2)25-21(35)17-33(27(36)28(37)38)16-15-31(7)20(26(25)33)9-10-23-30(6)13-12-24(39-19(3)34)29(4,5)22(30)11-14-32(23,31)8/h18,20,22-24H,9-17H2,1-8H3,(H,37,38)/t20?,22-,23+,24-,30-,31+,32+,33+/m0/s1. The van der Waals surface area contributed by atoms with Gasteiger partial charge in [0.2, 0.25) is 5.78 Å². The number of carbonyl (C=O) groups excluding carboxylic acids is 3. The lowest BCUT2D eigenvalue weighted by molar-refractivity contribution is -0.232. The highest BCUT2D eigenvalue weighted by atomic mass is 16.5. The molecule has 5 rings (SSSR count). The average molecular weight is 541 g/mol. The second-order valence-electron chi connectivity index (χ2n) is 15.4. The summed E-state index contributed by atoms with van der Waals surface area (Å²) in [6.07, 6.45) is 7.10. The summed E-state index contributed by atoms with van der Waals surface area (Å²) in [6.45, 7) is 17.4. The largest absolute Gasteiger partial charge is 0.475 e. The Morgan fingerprint density at radius 3 is 2.13 bits per heavy atom. The molecule has 39 heavy (non-hydrogen) atoms. The fourth-order valence-corrected chi connectivity index (χ4v) is 11.5. The van der Waals surface area contributed by atoms with E-state index in [1.165, 1.54) is 6.92 Å². The number of ether oxygens (including phenoxy) is 1. The molecule has 216 valence electrons. The fourth-order valence-electron chi connectivity index (χ4n) is 11.5. The SMILES string of the molecule is CC(=O)O[C@H]1CC[C@]2(C)[C@H]3CCC4C5=C(C(C)C)C(=O)C[C@]5(C(=O)C(=O)O)CC[C@@]4(C)[C@]3(C)CC[C@H]2C1(C)C. The van der Waals surface area contributed by atoms with E-state index in [-0.39, 0.29) is 57.8 Å². The molecule has 5 aliphatic rings. The van der Waals surface area contributed by atoms with Crippen LogP contribution in [0.5, 0.6) is 0 Å². The number of hydrogen-bond donors (Lipinski definition) is 1. The smallest absolute Gasteiger partial charge is 0.373 e. The van der Waals surface area contributed by atoms with Gasteiger partial charge in [0.1, 0.15) is 6.10 Å². The molecule has 8 atom stereocenters. The summed E-state index contributed by atoms with van der Waals surface area (Å²) >= 11 is 0. The highest BCUT2D eigenvalue weighted by molar-refractivity contribution is 6.37. The summed E-state index contributed by atoms with van der Waals surface area (Å²) in [5.74, 6) is -1.48. The van der Waals surface area contributed by atoms with E-state index >= 15 is 0 Å². The van der Waals surface area contributed by atoms with Crippen molar-refractivity contribution in [2.75, 3.05) is 0 Å². The van der Waals surface area contributed by atoms with Gasteiger partial charge in [-0.25, -0.2) is 4.79 Å². The van der Waals surface area contributed by atoms with Crippen LogP contribution in [-0.2, 0) is 23.9 Å². The van der Waals surface area contributed by atoms with Gasteiger partial charge in [-0.1, -0.05) is 48.5 Å². The van der Waals surface area contributed by atoms with Crippen molar-refractivity contribution in [2.24, 2.45) is 50.7 Å². The summed E-state index contributed by atoms with van der Waals surface area (Å²) < 4.78 is 5.85. The van der Waals surface area contributed by atoms with Gasteiger partial charge < -0.3 is 9.84 Å². The molecular weight excluding hydrogens is 492 g/mol. The fraction of sp³-hybridized carbons (Fsp3) is 0.818. The Balaban J connectivity index is 1.58. The van der Waals surface area contributed by atoms with Crippen LogP contribution in [0, 0.1) is 50.7 Å². The third-order valence-electron chi connectivity index (χ3n) is 13.3. The van der Waals surface area contributed by atoms with Gasteiger partial charge in [-0.2, -0.15) is 0 Å². The predicted octanol–water partition coefficient (Wildman–Crippen LogP) is 6.55. The molecule has 0 aromatic carbocycles. The van der Waals surface area contributed by atoms with Crippen LogP contribution in [-0.4, -0.2) is 34.7 Å². The Bertz CT molecular complexity index is 1160. The molecule has 6 nitrogen and oxygen atoms in total. The molecule has 5 aliphatic carbocycles. The van der Waals surface area contributed by atoms with Crippen LogP contribution in [0.15, 0.2) is 11.1 Å². The van der Waals surface area contributed by atoms with E-state index in [2.05, 4.69) is 34.6 Å². The number of carbonyl (C=O) groups is 4. The lowest BCUT2D eigenvalue weighted by Crippen LogP contribution is -2.66. The number of Topliss-reactive ketones (excluding diaryl/α,β-unsaturated/α-hetero) is 2. The summed E-state index contributed by atoms with van der Waals surface area (Å²) in [7, 11) is 0. The summed E-state index contributed by atoms with van der Waals surface area (Å²) in [5.41, 5.74) is 0.348. The quantitative estimate of drug-likeness (QED) is 0.321. The number of carboxylic acids is 1. The van der Waals surface area contributed by atoms with Crippen molar-refractivity contribution < 1.29 is 29.0 Å². The molecule has 0 bridgehead atoms.